The largest absolute Gasteiger partial charge is 0.314 e. The lowest BCUT2D eigenvalue weighted by molar-refractivity contribution is 0.258. The Morgan fingerprint density at radius 3 is 2.65 bits per heavy atom. The summed E-state index contributed by atoms with van der Waals surface area (Å²) in [7, 11) is 0. The Kier molecular flexibility index (Phi) is 5.06. The molecular formula is C14H23FN2. The van der Waals surface area contributed by atoms with E-state index in [0.29, 0.717) is 6.04 Å². The molecule has 0 amide bonds. The highest BCUT2D eigenvalue weighted by molar-refractivity contribution is 5.12. The molecule has 0 bridgehead atoms. The van der Waals surface area contributed by atoms with E-state index in [9.17, 15) is 4.39 Å². The maximum absolute atomic E-state index is 13.4. The van der Waals surface area contributed by atoms with Gasteiger partial charge in [-0.2, -0.15) is 0 Å². The molecular weight excluding hydrogens is 215 g/mol. The first kappa shape index (κ1) is 14.1. The van der Waals surface area contributed by atoms with Crippen LogP contribution in [0, 0.1) is 11.2 Å². The van der Waals surface area contributed by atoms with Crippen molar-refractivity contribution in [1.82, 2.24) is 10.3 Å². The third kappa shape index (κ3) is 4.43. The molecule has 2 nitrogen and oxygen atoms in total. The average Bonchev–Trinajstić information content (AvgIpc) is 2.24. The monoisotopic (exact) mass is 238 g/mol. The molecule has 0 saturated carbocycles. The van der Waals surface area contributed by atoms with Crippen molar-refractivity contribution in [2.45, 2.75) is 46.6 Å². The third-order valence-electron chi connectivity index (χ3n) is 3.05. The maximum atomic E-state index is 13.4. The quantitative estimate of drug-likeness (QED) is 0.852. The lowest BCUT2D eigenvalue weighted by atomic mass is 9.83. The Labute approximate surface area is 104 Å². The summed E-state index contributed by atoms with van der Waals surface area (Å²) in [6.07, 6.45) is 4.63. The lowest BCUT2D eigenvalue weighted by Crippen LogP contribution is -2.40. The number of aromatic nitrogens is 1. The molecule has 0 fully saturated rings. The van der Waals surface area contributed by atoms with E-state index in [1.807, 2.05) is 0 Å². The van der Waals surface area contributed by atoms with Gasteiger partial charge in [0.25, 0.3) is 0 Å². The normalized spacial score (nSPS) is 13.7. The number of halogens is 1. The number of hydrogen-bond donors (Lipinski definition) is 1. The Balaban J connectivity index is 2.61. The Morgan fingerprint density at radius 2 is 2.12 bits per heavy atom. The van der Waals surface area contributed by atoms with Crippen molar-refractivity contribution in [3.8, 4) is 0 Å². The van der Waals surface area contributed by atoms with Gasteiger partial charge in [0.15, 0.2) is 0 Å². The van der Waals surface area contributed by atoms with Gasteiger partial charge in [0.1, 0.15) is 5.82 Å². The molecule has 96 valence electrons. The van der Waals surface area contributed by atoms with Gasteiger partial charge in [-0.3, -0.25) is 4.98 Å². The van der Waals surface area contributed by atoms with Crippen molar-refractivity contribution in [3.05, 3.63) is 29.8 Å². The predicted octanol–water partition coefficient (Wildman–Crippen LogP) is 3.18. The summed E-state index contributed by atoms with van der Waals surface area (Å²) in [6.45, 7) is 9.68. The highest BCUT2D eigenvalue weighted by Gasteiger charge is 2.23. The molecule has 0 saturated heterocycles. The first-order valence-electron chi connectivity index (χ1n) is 6.27. The van der Waals surface area contributed by atoms with Crippen LogP contribution in [0.15, 0.2) is 18.5 Å². The summed E-state index contributed by atoms with van der Waals surface area (Å²) in [6, 6.07) is 2.17. The topological polar surface area (TPSA) is 24.9 Å². The molecule has 0 radical (unpaired) electrons. The minimum absolute atomic E-state index is 0.194. The molecule has 1 N–H and O–H groups in total. The number of rotatable bonds is 5. The first-order valence-corrected chi connectivity index (χ1v) is 6.27. The number of pyridine rings is 1. The van der Waals surface area contributed by atoms with E-state index in [1.165, 1.54) is 6.20 Å². The summed E-state index contributed by atoms with van der Waals surface area (Å²) in [5, 5.41) is 3.47. The van der Waals surface area contributed by atoms with E-state index in [0.717, 1.165) is 24.9 Å². The van der Waals surface area contributed by atoms with Crippen LogP contribution in [0.25, 0.3) is 0 Å². The molecule has 0 spiro atoms. The first-order chi connectivity index (χ1) is 7.95. The zero-order valence-electron chi connectivity index (χ0n) is 11.3. The lowest BCUT2D eigenvalue weighted by Gasteiger charge is -2.31. The molecule has 0 aromatic carbocycles. The van der Waals surface area contributed by atoms with Crippen LogP contribution in [0.1, 0.15) is 39.7 Å². The van der Waals surface area contributed by atoms with E-state index in [2.05, 4.69) is 38.0 Å². The SMILES string of the molecule is CCNC(CCc1ccncc1F)C(C)(C)C. The fraction of sp³-hybridized carbons (Fsp3) is 0.643. The fourth-order valence-corrected chi connectivity index (χ4v) is 1.99. The number of nitrogens with zero attached hydrogens (tertiary/aromatic N) is 1. The van der Waals surface area contributed by atoms with Gasteiger partial charge in [0.05, 0.1) is 6.20 Å². The van der Waals surface area contributed by atoms with E-state index in [-0.39, 0.29) is 11.2 Å². The second-order valence-corrected chi connectivity index (χ2v) is 5.48. The maximum Gasteiger partial charge on any atom is 0.144 e. The van der Waals surface area contributed by atoms with Crippen molar-refractivity contribution in [1.29, 1.82) is 0 Å². The summed E-state index contributed by atoms with van der Waals surface area (Å²) in [5.74, 6) is -0.198. The Hall–Kier alpha value is -0.960. The number of nitrogens with one attached hydrogen (secondary N) is 1. The van der Waals surface area contributed by atoms with Gasteiger partial charge >= 0.3 is 0 Å². The van der Waals surface area contributed by atoms with Crippen LogP contribution in [0.5, 0.6) is 0 Å². The molecule has 0 aliphatic heterocycles. The van der Waals surface area contributed by atoms with Gasteiger partial charge in [-0.15, -0.1) is 0 Å². The summed E-state index contributed by atoms with van der Waals surface area (Å²) in [4.78, 5) is 3.77. The number of hydrogen-bond acceptors (Lipinski definition) is 2. The van der Waals surface area contributed by atoms with Gasteiger partial charge in [-0.05, 0) is 36.4 Å². The predicted molar refractivity (Wildman–Crippen MR) is 69.4 cm³/mol. The van der Waals surface area contributed by atoms with Crippen LogP contribution in [0.2, 0.25) is 0 Å². The molecule has 1 heterocycles. The molecule has 1 rings (SSSR count). The van der Waals surface area contributed by atoms with Crippen molar-refractivity contribution < 1.29 is 4.39 Å². The average molecular weight is 238 g/mol. The molecule has 0 aliphatic carbocycles. The fourth-order valence-electron chi connectivity index (χ4n) is 1.99. The van der Waals surface area contributed by atoms with Gasteiger partial charge in [-0.25, -0.2) is 4.39 Å². The van der Waals surface area contributed by atoms with E-state index < -0.39 is 0 Å². The van der Waals surface area contributed by atoms with E-state index in [4.69, 9.17) is 0 Å². The van der Waals surface area contributed by atoms with Crippen molar-refractivity contribution in [2.24, 2.45) is 5.41 Å². The molecule has 1 unspecified atom stereocenters. The van der Waals surface area contributed by atoms with Crippen LogP contribution >= 0.6 is 0 Å². The molecule has 0 aliphatic rings. The highest BCUT2D eigenvalue weighted by Crippen LogP contribution is 2.23. The van der Waals surface area contributed by atoms with Crippen molar-refractivity contribution in [3.63, 3.8) is 0 Å². The van der Waals surface area contributed by atoms with Gasteiger partial charge in [0.2, 0.25) is 0 Å². The number of aryl methyl sites for hydroxylation is 1. The Morgan fingerprint density at radius 1 is 1.41 bits per heavy atom. The van der Waals surface area contributed by atoms with E-state index in [1.54, 1.807) is 12.3 Å². The smallest absolute Gasteiger partial charge is 0.144 e. The summed E-state index contributed by atoms with van der Waals surface area (Å²) < 4.78 is 13.4. The van der Waals surface area contributed by atoms with Crippen molar-refractivity contribution >= 4 is 0 Å². The molecule has 1 aromatic rings. The zero-order chi connectivity index (χ0) is 12.9. The third-order valence-corrected chi connectivity index (χ3v) is 3.05. The minimum atomic E-state index is -0.198. The molecule has 1 aromatic heterocycles. The van der Waals surface area contributed by atoms with Crippen LogP contribution in [-0.2, 0) is 6.42 Å². The standard InChI is InChI=1S/C14H23FN2/c1-5-17-13(14(2,3)4)7-6-11-8-9-16-10-12(11)15/h8-10,13,17H,5-7H2,1-4H3. The van der Waals surface area contributed by atoms with Crippen LogP contribution in [-0.4, -0.2) is 17.6 Å². The zero-order valence-corrected chi connectivity index (χ0v) is 11.3. The van der Waals surface area contributed by atoms with Gasteiger partial charge < -0.3 is 5.32 Å². The van der Waals surface area contributed by atoms with Crippen LogP contribution in [0.3, 0.4) is 0 Å². The molecule has 3 heteroatoms. The van der Waals surface area contributed by atoms with Crippen molar-refractivity contribution in [2.75, 3.05) is 6.54 Å². The second kappa shape index (κ2) is 6.10. The highest BCUT2D eigenvalue weighted by atomic mass is 19.1. The van der Waals surface area contributed by atoms with E-state index >= 15 is 0 Å². The molecule has 17 heavy (non-hydrogen) atoms. The molecule has 1 atom stereocenters. The Bertz CT molecular complexity index is 344. The summed E-state index contributed by atoms with van der Waals surface area (Å²) in [5.41, 5.74) is 0.951. The van der Waals surface area contributed by atoms with Crippen LogP contribution in [0.4, 0.5) is 4.39 Å². The summed E-state index contributed by atoms with van der Waals surface area (Å²) >= 11 is 0. The minimum Gasteiger partial charge on any atom is -0.314 e. The van der Waals surface area contributed by atoms with Gasteiger partial charge in [-0.1, -0.05) is 27.7 Å². The van der Waals surface area contributed by atoms with Gasteiger partial charge in [0, 0.05) is 12.2 Å². The second-order valence-electron chi connectivity index (χ2n) is 5.48. The van der Waals surface area contributed by atoms with Crippen LogP contribution < -0.4 is 5.32 Å².